The summed E-state index contributed by atoms with van der Waals surface area (Å²) in [5, 5.41) is 8.08. The first-order valence-electron chi connectivity index (χ1n) is 50.5. The van der Waals surface area contributed by atoms with Crippen LogP contribution in [0.3, 0.4) is 0 Å². The second kappa shape index (κ2) is 106. The van der Waals surface area contributed by atoms with Crippen LogP contribution in [0.25, 0.3) is 0 Å². The van der Waals surface area contributed by atoms with E-state index in [-0.39, 0.29) is 24.4 Å². The first-order chi connectivity index (χ1) is 55.1. The normalized spacial score (nSPS) is 14.8. The third-order valence-corrected chi connectivity index (χ3v) is 22.4. The highest BCUT2D eigenvalue weighted by Crippen LogP contribution is 2.37. The molecule has 0 amide bonds. The lowest BCUT2D eigenvalue weighted by molar-refractivity contribution is -0.137. The van der Waals surface area contributed by atoms with E-state index < -0.39 is 13.6 Å². The second-order valence-electron chi connectivity index (χ2n) is 34.5. The zero-order valence-electron chi connectivity index (χ0n) is 87.9. The number of carboxylic acid groups (broad SMARTS) is 1. The Hall–Kier alpha value is -2.72. The topological polar surface area (TPSA) is 94.8 Å². The summed E-state index contributed by atoms with van der Waals surface area (Å²) in [6, 6.07) is 31.6. The number of hydrogen-bond donors (Lipinski definition) is 3. The van der Waals surface area contributed by atoms with E-state index in [9.17, 15) is 9.36 Å². The monoisotopic (exact) mass is 1660 g/mol. The van der Waals surface area contributed by atoms with Gasteiger partial charge in [0.25, 0.3) is 0 Å². The highest BCUT2D eigenvalue weighted by molar-refractivity contribution is 7.51. The van der Waals surface area contributed by atoms with E-state index >= 15 is 0 Å². The van der Waals surface area contributed by atoms with Crippen molar-refractivity contribution in [3.8, 4) is 0 Å². The van der Waals surface area contributed by atoms with Crippen LogP contribution in [0.15, 0.2) is 91.0 Å². The Morgan fingerprint density at radius 1 is 0.276 bits per heavy atom. The number of rotatable bonds is 14. The summed E-state index contributed by atoms with van der Waals surface area (Å²) >= 11 is 0. The van der Waals surface area contributed by atoms with Gasteiger partial charge in [0.05, 0.1) is 6.16 Å². The molecule has 0 atom stereocenters. The molecule has 0 spiro atoms. The van der Waals surface area contributed by atoms with Gasteiger partial charge >= 0.3 is 13.6 Å². The Labute approximate surface area is 737 Å². The maximum absolute atomic E-state index is 10.1. The third kappa shape index (κ3) is 105. The smallest absolute Gasteiger partial charge is 0.325 e. The molecule has 0 aliphatic heterocycles. The van der Waals surface area contributed by atoms with E-state index in [2.05, 4.69) is 218 Å². The molecule has 9 rings (SSSR count). The molecule has 6 aliphatic rings. The molecule has 3 aromatic rings. The maximum atomic E-state index is 10.1. The lowest BCUT2D eigenvalue weighted by atomic mass is 9.82. The highest BCUT2D eigenvalue weighted by Gasteiger charge is 2.21. The van der Waals surface area contributed by atoms with Gasteiger partial charge in [0.15, 0.2) is 0 Å². The van der Waals surface area contributed by atoms with Gasteiger partial charge in [0.2, 0.25) is 0 Å². The molecule has 0 aromatic heterocycles. The van der Waals surface area contributed by atoms with E-state index in [1.54, 1.807) is 13.8 Å². The van der Waals surface area contributed by atoms with Gasteiger partial charge in [-0.15, -0.1) is 0 Å². The van der Waals surface area contributed by atoms with Gasteiger partial charge < -0.3 is 14.9 Å². The van der Waals surface area contributed by atoms with Crippen molar-refractivity contribution in [3.63, 3.8) is 0 Å². The van der Waals surface area contributed by atoms with Crippen molar-refractivity contribution in [1.29, 1.82) is 0 Å². The van der Waals surface area contributed by atoms with Crippen LogP contribution in [0.1, 0.15) is 518 Å². The van der Waals surface area contributed by atoms with Crippen molar-refractivity contribution in [1.82, 2.24) is 0 Å². The molecule has 700 valence electrons. The first-order valence-corrected chi connectivity index (χ1v) is 52.3. The van der Waals surface area contributed by atoms with Gasteiger partial charge in [-0.05, 0) is 123 Å². The fourth-order valence-corrected chi connectivity index (χ4v) is 14.6. The average Bonchev–Trinajstić information content (AvgIpc) is 1.83. The third-order valence-electron chi connectivity index (χ3n) is 21.2. The van der Waals surface area contributed by atoms with Crippen LogP contribution >= 0.6 is 7.60 Å². The highest BCUT2D eigenvalue weighted by atomic mass is 31.2. The molecule has 0 unspecified atom stereocenters. The summed E-state index contributed by atoms with van der Waals surface area (Å²) in [7, 11) is -3.72. The molecule has 116 heavy (non-hydrogen) atoms. The fourth-order valence-electron chi connectivity index (χ4n) is 13.6. The lowest BCUT2D eigenvalue weighted by Crippen LogP contribution is -2.12. The Morgan fingerprint density at radius 3 is 0.483 bits per heavy atom. The van der Waals surface area contributed by atoms with Crippen LogP contribution in [0.5, 0.6) is 0 Å². The molecule has 6 heteroatoms. The summed E-state index contributed by atoms with van der Waals surface area (Å²) in [4.78, 5) is 26.4. The summed E-state index contributed by atoms with van der Waals surface area (Å²) in [6.07, 6.45) is 41.9. The Balaban J connectivity index is -0.000000100. The van der Waals surface area contributed by atoms with Crippen LogP contribution < -0.4 is 0 Å². The fraction of sp³-hybridized carbons (Fsp3) is 0.827. The molecule has 3 N–H and O–H groups in total. The van der Waals surface area contributed by atoms with Gasteiger partial charge in [-0.2, -0.15) is 0 Å². The van der Waals surface area contributed by atoms with E-state index in [4.69, 9.17) is 14.9 Å². The van der Waals surface area contributed by atoms with E-state index in [1.807, 2.05) is 157 Å². The van der Waals surface area contributed by atoms with Crippen LogP contribution in [0.2, 0.25) is 0 Å². The van der Waals surface area contributed by atoms with Crippen molar-refractivity contribution < 1.29 is 24.3 Å². The van der Waals surface area contributed by atoms with Gasteiger partial charge in [-0.1, -0.05) is 568 Å². The van der Waals surface area contributed by atoms with Gasteiger partial charge in [-0.3, -0.25) is 9.36 Å². The first kappa shape index (κ1) is 139. The number of benzene rings is 3. The molecular weight excluding hydrogens is 1430 g/mol. The molecule has 0 saturated heterocycles. The number of carboxylic acids is 1. The summed E-state index contributed by atoms with van der Waals surface area (Å²) in [5.74, 6) is 14.5. The average molecular weight is 1660 g/mol. The van der Waals surface area contributed by atoms with E-state index in [1.165, 1.54) is 196 Å². The van der Waals surface area contributed by atoms with Gasteiger partial charge in [0, 0.05) is 6.42 Å². The predicted octanol–water partition coefficient (Wildman–Crippen LogP) is 39.8. The Bertz CT molecular complexity index is 1950. The lowest BCUT2D eigenvalue weighted by Gasteiger charge is -2.24. The quantitative estimate of drug-likeness (QED) is 0.140. The molecule has 6 fully saturated rings. The summed E-state index contributed by atoms with van der Waals surface area (Å²) in [6.45, 7) is 91.4. The van der Waals surface area contributed by atoms with Crippen molar-refractivity contribution in [2.75, 3.05) is 6.16 Å². The minimum absolute atomic E-state index is 0.00694. The second-order valence-corrected chi connectivity index (χ2v) is 36.2. The molecular formula is C110H225O5P. The van der Waals surface area contributed by atoms with Crippen molar-refractivity contribution >= 4 is 13.6 Å². The van der Waals surface area contributed by atoms with Gasteiger partial charge in [0.1, 0.15) is 0 Å². The molecule has 0 heterocycles. The molecule has 0 radical (unpaired) electrons. The zero-order valence-corrected chi connectivity index (χ0v) is 88.8. The van der Waals surface area contributed by atoms with Crippen molar-refractivity contribution in [3.05, 3.63) is 108 Å². The van der Waals surface area contributed by atoms with E-state index in [0.29, 0.717) is 17.8 Å². The standard InChI is InChI=1S/3C9H18.3C9H12.3C8H16.C5H10O2.C5H12.C4H11O3P.9C2H6/c6*1-8(2)9-6-4-3-5-7-9;3*1-7(2)8-5-3-4-6-8;1-4(2)3-5(6)7;1-4-5(2)3;1-4(2)3-8(5,6)7;9*1-2/h3*8-9H,3-7H2,1-2H3;3*3-8H,1-2H3;3*7-8H,3-6H2,1-2H3;4H,3H2,1-2H3,(H,6,7);5H,4H2,1-3H3;4H,3H2,1-2H3,(H2,5,6,7);9*1-2H3. The SMILES string of the molecule is CC.CC.CC.CC.CC.CC.CC.CC.CC.CC(C)C1CCCC1.CC(C)C1CCCC1.CC(C)C1CCCC1.CC(C)C1CCCCC1.CC(C)C1CCCCC1.CC(C)C1CCCCC1.CC(C)CC(=O)O.CC(C)CP(=O)(O)O.CC(C)c1ccccc1.CC(C)c1ccccc1.CC(C)c1ccccc1.CCC(C)C. The van der Waals surface area contributed by atoms with Crippen LogP contribution in [-0.4, -0.2) is 27.0 Å². The van der Waals surface area contributed by atoms with Crippen molar-refractivity contribution in [2.24, 2.45) is 88.8 Å². The van der Waals surface area contributed by atoms with Crippen LogP contribution in [-0.2, 0) is 9.36 Å². The molecule has 6 saturated carbocycles. The van der Waals surface area contributed by atoms with Gasteiger partial charge in [-0.25, -0.2) is 0 Å². The number of aliphatic carboxylic acids is 1. The largest absolute Gasteiger partial charge is 0.481 e. The van der Waals surface area contributed by atoms with Crippen LogP contribution in [0, 0.1) is 88.8 Å². The van der Waals surface area contributed by atoms with Crippen molar-refractivity contribution in [2.45, 2.75) is 502 Å². The molecule has 0 bridgehead atoms. The minimum Gasteiger partial charge on any atom is -0.481 e. The summed E-state index contributed by atoms with van der Waals surface area (Å²) < 4.78 is 10.1. The number of carbonyl (C=O) groups is 1. The molecule has 3 aromatic carbocycles. The number of hydrogen-bond acceptors (Lipinski definition) is 2. The predicted molar refractivity (Wildman–Crippen MR) is 542 cm³/mol. The minimum atomic E-state index is -3.72. The van der Waals surface area contributed by atoms with Crippen LogP contribution in [0.4, 0.5) is 0 Å². The maximum Gasteiger partial charge on any atom is 0.325 e. The molecule has 5 nitrogen and oxygen atoms in total. The Morgan fingerprint density at radius 2 is 0.422 bits per heavy atom. The zero-order chi connectivity index (χ0) is 93.0. The summed E-state index contributed by atoms with van der Waals surface area (Å²) in [5.41, 5.74) is 4.24. The van der Waals surface area contributed by atoms with E-state index in [0.717, 1.165) is 76.9 Å². The molecule has 6 aliphatic carbocycles. The Kier molecular flexibility index (Phi) is 128.